The average Bonchev–Trinajstić information content (AvgIpc) is 2.65. The fraction of sp³-hybridized carbons (Fsp3) is 1.00. The van der Waals surface area contributed by atoms with Crippen molar-refractivity contribution >= 4 is 26.1 Å². The first-order chi connectivity index (χ1) is 7.55. The molecular weight excluding hydrogens is 292 g/mol. The van der Waals surface area contributed by atoms with Gasteiger partial charge < -0.3 is 0 Å². The van der Waals surface area contributed by atoms with Crippen LogP contribution in [0.5, 0.6) is 0 Å². The number of alkyl halides is 1. The highest BCUT2D eigenvalue weighted by Gasteiger charge is 2.31. The Bertz CT molecular complexity index is 304. The number of hydrogen-bond donors (Lipinski definition) is 1. The highest BCUT2D eigenvalue weighted by molar-refractivity contribution is 9.09. The van der Waals surface area contributed by atoms with E-state index >= 15 is 0 Å². The van der Waals surface area contributed by atoms with Gasteiger partial charge in [0.2, 0.25) is 0 Å². The van der Waals surface area contributed by atoms with E-state index in [9.17, 15) is 8.42 Å². The van der Waals surface area contributed by atoms with Crippen molar-refractivity contribution < 1.29 is 8.42 Å². The number of halogens is 1. The van der Waals surface area contributed by atoms with Crippen molar-refractivity contribution in [3.8, 4) is 0 Å². The fourth-order valence-electron chi connectivity index (χ4n) is 2.21. The largest absolute Gasteiger partial charge is 0.279 e. The first-order valence-corrected chi connectivity index (χ1v) is 8.44. The minimum absolute atomic E-state index is 0.102. The molecule has 1 fully saturated rings. The maximum atomic E-state index is 12.0. The zero-order chi connectivity index (χ0) is 12.2. The quantitative estimate of drug-likeness (QED) is 0.759. The van der Waals surface area contributed by atoms with Crippen LogP contribution in [0.2, 0.25) is 0 Å². The van der Waals surface area contributed by atoms with Gasteiger partial charge in [0.25, 0.3) is 10.2 Å². The molecule has 0 saturated heterocycles. The van der Waals surface area contributed by atoms with Gasteiger partial charge in [-0.2, -0.15) is 17.4 Å². The topological polar surface area (TPSA) is 49.4 Å². The van der Waals surface area contributed by atoms with Gasteiger partial charge in [-0.25, -0.2) is 0 Å². The smallest absolute Gasteiger partial charge is 0.199 e. The molecule has 0 amide bonds. The molecule has 1 aliphatic rings. The van der Waals surface area contributed by atoms with E-state index in [1.165, 1.54) is 4.31 Å². The van der Waals surface area contributed by atoms with Gasteiger partial charge in [0.1, 0.15) is 0 Å². The fourth-order valence-corrected chi connectivity index (χ4v) is 4.50. The number of nitrogens with one attached hydrogen (secondary N) is 1. The Kier molecular flexibility index (Phi) is 5.70. The second-order valence-electron chi connectivity index (χ2n) is 4.16. The zero-order valence-corrected chi connectivity index (χ0v) is 12.3. The molecule has 1 rings (SSSR count). The molecular formula is C10H21BrN2O2S. The van der Waals surface area contributed by atoms with Gasteiger partial charge in [-0.3, -0.25) is 0 Å². The molecule has 0 aromatic heterocycles. The Balaban J connectivity index is 2.65. The van der Waals surface area contributed by atoms with Crippen LogP contribution in [0.3, 0.4) is 0 Å². The lowest BCUT2D eigenvalue weighted by Gasteiger charge is -2.24. The van der Waals surface area contributed by atoms with Crippen molar-refractivity contribution in [1.82, 2.24) is 9.03 Å². The molecule has 0 aromatic carbocycles. The second kappa shape index (κ2) is 6.33. The van der Waals surface area contributed by atoms with E-state index in [4.69, 9.17) is 0 Å². The van der Waals surface area contributed by atoms with Crippen LogP contribution in [-0.2, 0) is 10.2 Å². The summed E-state index contributed by atoms with van der Waals surface area (Å²) < 4.78 is 28.3. The van der Waals surface area contributed by atoms with Crippen molar-refractivity contribution in [2.75, 3.05) is 18.4 Å². The standard InChI is InChI=1S/C10H21BrN2O2S/c1-3-13(4-2)16(14,15)12-10-7-5-6-9(10)8-11/h9-10,12H,3-8H2,1-2H3. The van der Waals surface area contributed by atoms with E-state index in [0.29, 0.717) is 19.0 Å². The summed E-state index contributed by atoms with van der Waals surface area (Å²) in [5.74, 6) is 0.435. The molecule has 2 unspecified atom stereocenters. The van der Waals surface area contributed by atoms with E-state index in [1.54, 1.807) is 0 Å². The highest BCUT2D eigenvalue weighted by Crippen LogP contribution is 2.27. The second-order valence-corrected chi connectivity index (χ2v) is 6.51. The molecule has 4 nitrogen and oxygen atoms in total. The Morgan fingerprint density at radius 1 is 1.31 bits per heavy atom. The molecule has 0 aliphatic heterocycles. The summed E-state index contributed by atoms with van der Waals surface area (Å²) >= 11 is 3.45. The lowest BCUT2D eigenvalue weighted by atomic mass is 10.1. The van der Waals surface area contributed by atoms with E-state index < -0.39 is 10.2 Å². The molecule has 16 heavy (non-hydrogen) atoms. The van der Waals surface area contributed by atoms with Gasteiger partial charge >= 0.3 is 0 Å². The van der Waals surface area contributed by atoms with Crippen LogP contribution in [0.1, 0.15) is 33.1 Å². The van der Waals surface area contributed by atoms with Crippen LogP contribution in [0.15, 0.2) is 0 Å². The number of nitrogens with zero attached hydrogens (tertiary/aromatic N) is 1. The molecule has 0 spiro atoms. The Morgan fingerprint density at radius 3 is 2.44 bits per heavy atom. The summed E-state index contributed by atoms with van der Waals surface area (Å²) in [5, 5.41) is 0.873. The summed E-state index contributed by atoms with van der Waals surface area (Å²) in [4.78, 5) is 0. The summed E-state index contributed by atoms with van der Waals surface area (Å²) in [6.45, 7) is 4.77. The van der Waals surface area contributed by atoms with Crippen LogP contribution in [-0.4, -0.2) is 37.2 Å². The molecule has 1 N–H and O–H groups in total. The van der Waals surface area contributed by atoms with Crippen LogP contribution < -0.4 is 4.72 Å². The minimum Gasteiger partial charge on any atom is -0.199 e. The molecule has 1 aliphatic carbocycles. The maximum absolute atomic E-state index is 12.0. The normalized spacial score (nSPS) is 26.5. The Hall–Kier alpha value is 0.350. The van der Waals surface area contributed by atoms with Crippen LogP contribution in [0, 0.1) is 5.92 Å². The molecule has 1 saturated carbocycles. The van der Waals surface area contributed by atoms with E-state index in [0.717, 1.165) is 24.6 Å². The van der Waals surface area contributed by atoms with Crippen LogP contribution >= 0.6 is 15.9 Å². The van der Waals surface area contributed by atoms with Gasteiger partial charge in [-0.15, -0.1) is 0 Å². The first kappa shape index (κ1) is 14.4. The van der Waals surface area contributed by atoms with Gasteiger partial charge in [0.15, 0.2) is 0 Å². The van der Waals surface area contributed by atoms with Crippen molar-refractivity contribution in [2.24, 2.45) is 5.92 Å². The maximum Gasteiger partial charge on any atom is 0.279 e. The number of rotatable bonds is 6. The highest BCUT2D eigenvalue weighted by atomic mass is 79.9. The van der Waals surface area contributed by atoms with Crippen molar-refractivity contribution in [3.63, 3.8) is 0 Å². The van der Waals surface area contributed by atoms with Crippen molar-refractivity contribution in [1.29, 1.82) is 0 Å². The molecule has 96 valence electrons. The minimum atomic E-state index is -3.29. The van der Waals surface area contributed by atoms with Crippen molar-refractivity contribution in [2.45, 2.75) is 39.2 Å². The van der Waals surface area contributed by atoms with E-state index in [2.05, 4.69) is 20.7 Å². The molecule has 6 heteroatoms. The van der Waals surface area contributed by atoms with Crippen LogP contribution in [0.4, 0.5) is 0 Å². The third-order valence-electron chi connectivity index (χ3n) is 3.20. The number of hydrogen-bond acceptors (Lipinski definition) is 2. The van der Waals surface area contributed by atoms with E-state index in [1.807, 2.05) is 13.8 Å². The summed E-state index contributed by atoms with van der Waals surface area (Å²) in [6, 6.07) is 0.102. The van der Waals surface area contributed by atoms with Gasteiger partial charge in [-0.05, 0) is 18.8 Å². The monoisotopic (exact) mass is 312 g/mol. The molecule has 0 aromatic rings. The van der Waals surface area contributed by atoms with Crippen LogP contribution in [0.25, 0.3) is 0 Å². The molecule has 0 radical (unpaired) electrons. The molecule has 2 atom stereocenters. The lowest BCUT2D eigenvalue weighted by molar-refractivity contribution is 0.411. The predicted molar refractivity (Wildman–Crippen MR) is 69.9 cm³/mol. The Labute approximate surface area is 107 Å². The lowest BCUT2D eigenvalue weighted by Crippen LogP contribution is -2.46. The van der Waals surface area contributed by atoms with Gasteiger partial charge in [0, 0.05) is 24.5 Å². The van der Waals surface area contributed by atoms with Gasteiger partial charge in [0.05, 0.1) is 0 Å². The third-order valence-corrected chi connectivity index (χ3v) is 5.83. The van der Waals surface area contributed by atoms with E-state index in [-0.39, 0.29) is 6.04 Å². The zero-order valence-electron chi connectivity index (χ0n) is 9.95. The van der Waals surface area contributed by atoms with Gasteiger partial charge in [-0.1, -0.05) is 36.2 Å². The molecule has 0 bridgehead atoms. The SMILES string of the molecule is CCN(CC)S(=O)(=O)NC1CCCC1CBr. The first-order valence-electron chi connectivity index (χ1n) is 5.88. The Morgan fingerprint density at radius 2 is 1.94 bits per heavy atom. The molecule has 0 heterocycles. The predicted octanol–water partition coefficient (Wildman–Crippen LogP) is 1.73. The summed E-state index contributed by atoms with van der Waals surface area (Å²) in [6.07, 6.45) is 3.18. The summed E-state index contributed by atoms with van der Waals surface area (Å²) in [7, 11) is -3.29. The average molecular weight is 313 g/mol. The summed E-state index contributed by atoms with van der Waals surface area (Å²) in [5.41, 5.74) is 0. The van der Waals surface area contributed by atoms with Crippen molar-refractivity contribution in [3.05, 3.63) is 0 Å². The third kappa shape index (κ3) is 3.42.